The quantitative estimate of drug-likeness (QED) is 0.922. The predicted molar refractivity (Wildman–Crippen MR) is 90.3 cm³/mol. The largest absolute Gasteiger partial charge is 0.346 e. The highest BCUT2D eigenvalue weighted by Crippen LogP contribution is 2.23. The Bertz CT molecular complexity index is 823. The van der Waals surface area contributed by atoms with Crippen molar-refractivity contribution in [3.05, 3.63) is 65.2 Å². The topological polar surface area (TPSA) is 49.4 Å². The van der Waals surface area contributed by atoms with E-state index in [9.17, 15) is 18.4 Å². The lowest BCUT2D eigenvalue weighted by molar-refractivity contribution is -0.117. The van der Waals surface area contributed by atoms with Crippen molar-refractivity contribution in [3.63, 3.8) is 0 Å². The average Bonchev–Trinajstić information content (AvgIpc) is 3.03. The molecule has 6 heteroatoms. The number of benzene rings is 2. The molecule has 1 aliphatic heterocycles. The zero-order valence-corrected chi connectivity index (χ0v) is 13.8. The van der Waals surface area contributed by atoms with Gasteiger partial charge in [0.2, 0.25) is 5.91 Å². The normalized spacial score (nSPS) is 15.3. The van der Waals surface area contributed by atoms with Crippen LogP contribution in [-0.4, -0.2) is 18.4 Å². The van der Waals surface area contributed by atoms with Gasteiger partial charge in [0.15, 0.2) is 11.6 Å². The van der Waals surface area contributed by atoms with Gasteiger partial charge in [-0.1, -0.05) is 12.1 Å². The van der Waals surface area contributed by atoms with E-state index >= 15 is 0 Å². The number of carbonyl (C=O) groups excluding carboxylic acids is 2. The summed E-state index contributed by atoms with van der Waals surface area (Å²) in [6.45, 7) is 2.34. The summed E-state index contributed by atoms with van der Waals surface area (Å²) in [6, 6.07) is 9.87. The fourth-order valence-corrected chi connectivity index (χ4v) is 2.88. The van der Waals surface area contributed by atoms with Gasteiger partial charge in [-0.15, -0.1) is 0 Å². The second-order valence-electron chi connectivity index (χ2n) is 6.07. The fraction of sp³-hybridized carbons (Fsp3) is 0.263. The van der Waals surface area contributed by atoms with Crippen LogP contribution in [-0.2, 0) is 4.79 Å². The minimum Gasteiger partial charge on any atom is -0.346 e. The van der Waals surface area contributed by atoms with Crippen LogP contribution in [0.2, 0.25) is 0 Å². The summed E-state index contributed by atoms with van der Waals surface area (Å²) in [6.07, 6.45) is 1.33. The van der Waals surface area contributed by atoms with Gasteiger partial charge in [-0.3, -0.25) is 9.59 Å². The second kappa shape index (κ2) is 7.01. The van der Waals surface area contributed by atoms with E-state index in [1.165, 1.54) is 6.07 Å². The number of carbonyl (C=O) groups is 2. The molecule has 1 saturated heterocycles. The Balaban J connectivity index is 1.74. The molecule has 1 heterocycles. The first-order valence-electron chi connectivity index (χ1n) is 8.12. The van der Waals surface area contributed by atoms with Crippen LogP contribution in [0.15, 0.2) is 42.5 Å². The molecule has 0 spiro atoms. The summed E-state index contributed by atoms with van der Waals surface area (Å²) in [5, 5.41) is 2.76. The highest BCUT2D eigenvalue weighted by atomic mass is 19.2. The van der Waals surface area contributed by atoms with Crippen LogP contribution in [0.3, 0.4) is 0 Å². The second-order valence-corrected chi connectivity index (χ2v) is 6.07. The highest BCUT2D eigenvalue weighted by molar-refractivity contribution is 5.99. The van der Waals surface area contributed by atoms with Gasteiger partial charge in [-0.05, 0) is 49.2 Å². The van der Waals surface area contributed by atoms with Gasteiger partial charge < -0.3 is 10.2 Å². The average molecular weight is 344 g/mol. The SMILES string of the molecule is CC(NC(=O)c1cccc(N2CCCC2=O)c1)c1ccc(F)c(F)c1. The standard InChI is InChI=1S/C19H18F2N2O2/c1-12(13-7-8-16(20)17(21)11-13)22-19(25)14-4-2-5-15(10-14)23-9-3-6-18(23)24/h2,4-5,7-8,10-12H,3,6,9H2,1H3,(H,22,25). The molecule has 1 aliphatic rings. The Morgan fingerprint density at radius 3 is 2.64 bits per heavy atom. The summed E-state index contributed by atoms with van der Waals surface area (Å²) in [5.74, 6) is -2.17. The van der Waals surface area contributed by atoms with Crippen LogP contribution in [0.25, 0.3) is 0 Å². The molecule has 130 valence electrons. The number of anilines is 1. The first kappa shape index (κ1) is 17.1. The summed E-state index contributed by atoms with van der Waals surface area (Å²) >= 11 is 0. The molecule has 0 radical (unpaired) electrons. The summed E-state index contributed by atoms with van der Waals surface area (Å²) < 4.78 is 26.4. The Kier molecular flexibility index (Phi) is 4.79. The van der Waals surface area contributed by atoms with Crippen molar-refractivity contribution < 1.29 is 18.4 Å². The molecule has 0 bridgehead atoms. The Labute approximate surface area is 144 Å². The molecule has 1 atom stereocenters. The maximum atomic E-state index is 13.3. The number of rotatable bonds is 4. The summed E-state index contributed by atoms with van der Waals surface area (Å²) in [5.41, 5.74) is 1.57. The first-order chi connectivity index (χ1) is 12.0. The smallest absolute Gasteiger partial charge is 0.251 e. The number of hydrogen-bond acceptors (Lipinski definition) is 2. The molecule has 3 rings (SSSR count). The van der Waals surface area contributed by atoms with E-state index < -0.39 is 17.7 Å². The van der Waals surface area contributed by atoms with Crippen molar-refractivity contribution in [2.75, 3.05) is 11.4 Å². The van der Waals surface area contributed by atoms with Gasteiger partial charge >= 0.3 is 0 Å². The van der Waals surface area contributed by atoms with Crippen LogP contribution >= 0.6 is 0 Å². The number of amides is 2. The van der Waals surface area contributed by atoms with Gasteiger partial charge in [0.05, 0.1) is 6.04 Å². The van der Waals surface area contributed by atoms with Gasteiger partial charge in [0.1, 0.15) is 0 Å². The number of nitrogens with one attached hydrogen (secondary N) is 1. The molecular formula is C19H18F2N2O2. The summed E-state index contributed by atoms with van der Waals surface area (Å²) in [4.78, 5) is 25.9. The molecule has 0 aromatic heterocycles. The maximum absolute atomic E-state index is 13.3. The molecule has 0 saturated carbocycles. The minimum atomic E-state index is -0.951. The minimum absolute atomic E-state index is 0.0488. The molecule has 1 fully saturated rings. The van der Waals surface area contributed by atoms with Crippen molar-refractivity contribution in [1.82, 2.24) is 5.32 Å². The van der Waals surface area contributed by atoms with E-state index in [0.717, 1.165) is 18.6 Å². The highest BCUT2D eigenvalue weighted by Gasteiger charge is 2.22. The van der Waals surface area contributed by atoms with E-state index in [1.54, 1.807) is 36.1 Å². The van der Waals surface area contributed by atoms with Crippen molar-refractivity contribution in [3.8, 4) is 0 Å². The number of hydrogen-bond donors (Lipinski definition) is 1. The molecule has 1 unspecified atom stereocenters. The van der Waals surface area contributed by atoms with Gasteiger partial charge in [-0.25, -0.2) is 8.78 Å². The molecule has 25 heavy (non-hydrogen) atoms. The third-order valence-corrected chi connectivity index (χ3v) is 4.28. The number of halogens is 2. The molecule has 4 nitrogen and oxygen atoms in total. The number of nitrogens with zero attached hydrogens (tertiary/aromatic N) is 1. The third kappa shape index (κ3) is 3.68. The molecule has 2 aromatic carbocycles. The third-order valence-electron chi connectivity index (χ3n) is 4.28. The van der Waals surface area contributed by atoms with Crippen molar-refractivity contribution in [2.24, 2.45) is 0 Å². The molecular weight excluding hydrogens is 326 g/mol. The summed E-state index contributed by atoms with van der Waals surface area (Å²) in [7, 11) is 0. The van der Waals surface area contributed by atoms with Crippen LogP contribution in [0.5, 0.6) is 0 Å². The Hall–Kier alpha value is -2.76. The van der Waals surface area contributed by atoms with E-state index in [0.29, 0.717) is 29.8 Å². The van der Waals surface area contributed by atoms with Crippen molar-refractivity contribution in [2.45, 2.75) is 25.8 Å². The predicted octanol–water partition coefficient (Wildman–Crippen LogP) is 3.58. The van der Waals surface area contributed by atoms with E-state index in [2.05, 4.69) is 5.32 Å². The lowest BCUT2D eigenvalue weighted by atomic mass is 10.1. The van der Waals surface area contributed by atoms with Gasteiger partial charge in [0, 0.05) is 24.2 Å². The van der Waals surface area contributed by atoms with Crippen LogP contribution in [0.4, 0.5) is 14.5 Å². The van der Waals surface area contributed by atoms with Gasteiger partial charge in [-0.2, -0.15) is 0 Å². The molecule has 2 aromatic rings. The van der Waals surface area contributed by atoms with Crippen molar-refractivity contribution in [1.29, 1.82) is 0 Å². The van der Waals surface area contributed by atoms with Crippen LogP contribution in [0.1, 0.15) is 41.7 Å². The van der Waals surface area contributed by atoms with Crippen molar-refractivity contribution >= 4 is 17.5 Å². The van der Waals surface area contributed by atoms with E-state index in [4.69, 9.17) is 0 Å². The molecule has 0 aliphatic carbocycles. The van der Waals surface area contributed by atoms with E-state index in [1.807, 2.05) is 0 Å². The zero-order valence-electron chi connectivity index (χ0n) is 13.8. The van der Waals surface area contributed by atoms with Gasteiger partial charge in [0.25, 0.3) is 5.91 Å². The lowest BCUT2D eigenvalue weighted by Crippen LogP contribution is -2.28. The van der Waals surface area contributed by atoms with Crippen LogP contribution in [0, 0.1) is 11.6 Å². The molecule has 2 amide bonds. The zero-order chi connectivity index (χ0) is 18.0. The lowest BCUT2D eigenvalue weighted by Gasteiger charge is -2.18. The Morgan fingerprint density at radius 1 is 1.16 bits per heavy atom. The fourth-order valence-electron chi connectivity index (χ4n) is 2.88. The first-order valence-corrected chi connectivity index (χ1v) is 8.12. The maximum Gasteiger partial charge on any atom is 0.251 e. The molecule has 1 N–H and O–H groups in total. The van der Waals surface area contributed by atoms with Crippen LogP contribution < -0.4 is 10.2 Å². The monoisotopic (exact) mass is 344 g/mol. The van der Waals surface area contributed by atoms with E-state index in [-0.39, 0.29) is 11.8 Å². The Morgan fingerprint density at radius 2 is 1.96 bits per heavy atom.